The maximum Gasteiger partial charge on any atom is 0.242 e. The largest absolute Gasteiger partial charge is 0.476 e. The van der Waals surface area contributed by atoms with E-state index in [1.807, 2.05) is 13.8 Å². The Hall–Kier alpha value is -2.31. The maximum absolute atomic E-state index is 5.88. The molecule has 0 fully saturated rings. The van der Waals surface area contributed by atoms with Crippen LogP contribution in [0.1, 0.15) is 18.6 Å². The van der Waals surface area contributed by atoms with E-state index in [9.17, 15) is 0 Å². The molecule has 0 radical (unpaired) electrons. The summed E-state index contributed by atoms with van der Waals surface area (Å²) in [7, 11) is 0. The summed E-state index contributed by atoms with van der Waals surface area (Å²) in [6.45, 7) is 4.60. The number of nitrogens with two attached hydrogens (primary N) is 1. The lowest BCUT2D eigenvalue weighted by Crippen LogP contribution is -2.08. The Morgan fingerprint density at radius 1 is 1.39 bits per heavy atom. The lowest BCUT2D eigenvalue weighted by molar-refractivity contribution is 0.328. The second kappa shape index (κ2) is 5.35. The molecular formula is C11H15N5O2. The topological polar surface area (TPSA) is 99.1 Å². The number of anilines is 2. The number of ether oxygens (including phenoxy) is 1. The summed E-state index contributed by atoms with van der Waals surface area (Å²) in [5.74, 6) is 2.21. The van der Waals surface area contributed by atoms with Gasteiger partial charge in [-0.25, -0.2) is 9.97 Å². The smallest absolute Gasteiger partial charge is 0.242 e. The number of aromatic nitrogens is 3. The number of nitrogens with one attached hydrogen (secondary N) is 1. The van der Waals surface area contributed by atoms with Crippen LogP contribution >= 0.6 is 0 Å². The van der Waals surface area contributed by atoms with Crippen molar-refractivity contribution in [1.29, 1.82) is 0 Å². The van der Waals surface area contributed by atoms with Gasteiger partial charge in [0.1, 0.15) is 17.8 Å². The SMILES string of the molecule is CCOc1ncnc(NCc2ncc(C)o2)c1N. The molecule has 0 amide bonds. The molecule has 0 unspecified atom stereocenters. The fourth-order valence-corrected chi connectivity index (χ4v) is 1.41. The summed E-state index contributed by atoms with van der Waals surface area (Å²) in [6.07, 6.45) is 3.05. The zero-order valence-corrected chi connectivity index (χ0v) is 10.3. The van der Waals surface area contributed by atoms with E-state index in [1.165, 1.54) is 6.33 Å². The van der Waals surface area contributed by atoms with Gasteiger partial charge in [-0.3, -0.25) is 0 Å². The lowest BCUT2D eigenvalue weighted by atomic mass is 10.4. The van der Waals surface area contributed by atoms with Crippen molar-refractivity contribution in [1.82, 2.24) is 15.0 Å². The highest BCUT2D eigenvalue weighted by atomic mass is 16.5. The molecule has 0 aliphatic carbocycles. The summed E-state index contributed by atoms with van der Waals surface area (Å²) in [5, 5.41) is 3.03. The van der Waals surface area contributed by atoms with E-state index in [4.69, 9.17) is 14.9 Å². The molecule has 0 aliphatic rings. The average molecular weight is 249 g/mol. The Kier molecular flexibility index (Phi) is 3.61. The Balaban J connectivity index is 2.07. The Morgan fingerprint density at radius 2 is 2.22 bits per heavy atom. The number of hydrogen-bond acceptors (Lipinski definition) is 7. The molecule has 7 heteroatoms. The normalized spacial score (nSPS) is 10.3. The van der Waals surface area contributed by atoms with Gasteiger partial charge < -0.3 is 20.2 Å². The van der Waals surface area contributed by atoms with Crippen LogP contribution in [0.5, 0.6) is 5.88 Å². The first-order valence-corrected chi connectivity index (χ1v) is 5.59. The number of nitrogens with zero attached hydrogens (tertiary/aromatic N) is 3. The molecule has 0 aromatic carbocycles. The van der Waals surface area contributed by atoms with Crippen molar-refractivity contribution >= 4 is 11.5 Å². The predicted molar refractivity (Wildman–Crippen MR) is 66.2 cm³/mol. The van der Waals surface area contributed by atoms with Crippen LogP contribution in [-0.2, 0) is 6.54 Å². The van der Waals surface area contributed by atoms with Crippen molar-refractivity contribution in [2.24, 2.45) is 0 Å². The van der Waals surface area contributed by atoms with E-state index in [0.717, 1.165) is 5.76 Å². The molecule has 0 saturated heterocycles. The van der Waals surface area contributed by atoms with Crippen molar-refractivity contribution in [2.45, 2.75) is 20.4 Å². The molecule has 2 rings (SSSR count). The van der Waals surface area contributed by atoms with E-state index < -0.39 is 0 Å². The van der Waals surface area contributed by atoms with Crippen LogP contribution in [0.4, 0.5) is 11.5 Å². The van der Waals surface area contributed by atoms with Gasteiger partial charge >= 0.3 is 0 Å². The summed E-state index contributed by atoms with van der Waals surface area (Å²) in [5.41, 5.74) is 6.25. The van der Waals surface area contributed by atoms with Crippen molar-refractivity contribution in [3.8, 4) is 5.88 Å². The molecule has 96 valence electrons. The van der Waals surface area contributed by atoms with E-state index in [-0.39, 0.29) is 0 Å². The second-order valence-electron chi connectivity index (χ2n) is 3.59. The zero-order chi connectivity index (χ0) is 13.0. The molecule has 0 saturated carbocycles. The minimum Gasteiger partial charge on any atom is -0.476 e. The van der Waals surface area contributed by atoms with Gasteiger partial charge in [0.2, 0.25) is 11.8 Å². The molecule has 3 N–H and O–H groups in total. The molecule has 0 atom stereocenters. The first-order valence-electron chi connectivity index (χ1n) is 5.59. The highest BCUT2D eigenvalue weighted by molar-refractivity contribution is 5.66. The number of aryl methyl sites for hydroxylation is 1. The van der Waals surface area contributed by atoms with Crippen LogP contribution < -0.4 is 15.8 Å². The third-order valence-electron chi connectivity index (χ3n) is 2.20. The third-order valence-corrected chi connectivity index (χ3v) is 2.20. The van der Waals surface area contributed by atoms with Gasteiger partial charge in [0.25, 0.3) is 0 Å². The molecule has 0 spiro atoms. The molecule has 2 heterocycles. The van der Waals surface area contributed by atoms with E-state index in [0.29, 0.717) is 36.4 Å². The van der Waals surface area contributed by atoms with Gasteiger partial charge in [-0.1, -0.05) is 0 Å². The Bertz CT molecular complexity index is 526. The van der Waals surface area contributed by atoms with Crippen LogP contribution in [0.15, 0.2) is 16.9 Å². The Labute approximate surface area is 104 Å². The van der Waals surface area contributed by atoms with Gasteiger partial charge in [0.15, 0.2) is 5.82 Å². The van der Waals surface area contributed by atoms with Crippen LogP contribution in [-0.4, -0.2) is 21.6 Å². The Morgan fingerprint density at radius 3 is 2.89 bits per heavy atom. The van der Waals surface area contributed by atoms with Crippen LogP contribution in [0.2, 0.25) is 0 Å². The molecule has 18 heavy (non-hydrogen) atoms. The number of oxazole rings is 1. The summed E-state index contributed by atoms with van der Waals surface area (Å²) < 4.78 is 10.6. The van der Waals surface area contributed by atoms with Gasteiger partial charge in [0, 0.05) is 0 Å². The molecule has 0 aliphatic heterocycles. The first kappa shape index (κ1) is 12.2. The van der Waals surface area contributed by atoms with Crippen LogP contribution in [0.3, 0.4) is 0 Å². The second-order valence-corrected chi connectivity index (χ2v) is 3.59. The van der Waals surface area contributed by atoms with Gasteiger partial charge in [0.05, 0.1) is 19.3 Å². The van der Waals surface area contributed by atoms with E-state index in [2.05, 4.69) is 20.3 Å². The molecule has 0 bridgehead atoms. The summed E-state index contributed by atoms with van der Waals surface area (Å²) in [6, 6.07) is 0. The average Bonchev–Trinajstić information content (AvgIpc) is 2.77. The van der Waals surface area contributed by atoms with Gasteiger partial charge in [-0.2, -0.15) is 4.98 Å². The van der Waals surface area contributed by atoms with Gasteiger partial charge in [-0.15, -0.1) is 0 Å². The molecule has 7 nitrogen and oxygen atoms in total. The van der Waals surface area contributed by atoms with Crippen molar-refractivity contribution in [3.05, 3.63) is 24.2 Å². The van der Waals surface area contributed by atoms with Crippen molar-refractivity contribution < 1.29 is 9.15 Å². The minimum absolute atomic E-state index is 0.374. The highest BCUT2D eigenvalue weighted by Crippen LogP contribution is 2.24. The third kappa shape index (κ3) is 2.68. The summed E-state index contributed by atoms with van der Waals surface area (Å²) >= 11 is 0. The van der Waals surface area contributed by atoms with Crippen molar-refractivity contribution in [3.63, 3.8) is 0 Å². The van der Waals surface area contributed by atoms with Crippen LogP contribution in [0, 0.1) is 6.92 Å². The molecular weight excluding hydrogens is 234 g/mol. The maximum atomic E-state index is 5.88. The van der Waals surface area contributed by atoms with Crippen LogP contribution in [0.25, 0.3) is 0 Å². The lowest BCUT2D eigenvalue weighted by Gasteiger charge is -2.09. The number of nitrogen functional groups attached to an aromatic ring is 1. The molecule has 2 aromatic rings. The summed E-state index contributed by atoms with van der Waals surface area (Å²) in [4.78, 5) is 12.1. The van der Waals surface area contributed by atoms with E-state index >= 15 is 0 Å². The predicted octanol–water partition coefficient (Wildman–Crippen LogP) is 1.37. The standard InChI is InChI=1S/C11H15N5O2/c1-3-17-11-9(12)10(15-6-16-11)14-5-8-13-4-7(2)18-8/h4,6H,3,5,12H2,1-2H3,(H,14,15,16). The van der Waals surface area contributed by atoms with E-state index in [1.54, 1.807) is 6.20 Å². The number of rotatable bonds is 5. The monoisotopic (exact) mass is 249 g/mol. The zero-order valence-electron chi connectivity index (χ0n) is 10.3. The highest BCUT2D eigenvalue weighted by Gasteiger charge is 2.09. The first-order chi connectivity index (χ1) is 8.70. The fourth-order valence-electron chi connectivity index (χ4n) is 1.41. The van der Waals surface area contributed by atoms with Gasteiger partial charge in [-0.05, 0) is 13.8 Å². The minimum atomic E-state index is 0.374. The van der Waals surface area contributed by atoms with Crippen molar-refractivity contribution in [2.75, 3.05) is 17.7 Å². The molecule has 2 aromatic heterocycles. The quantitative estimate of drug-likeness (QED) is 0.825. The fraction of sp³-hybridized carbons (Fsp3) is 0.364. The number of hydrogen-bond donors (Lipinski definition) is 2.